The zero-order valence-electron chi connectivity index (χ0n) is 23.2. The average Bonchev–Trinajstić information content (AvgIpc) is 3.28. The van der Waals surface area contributed by atoms with Crippen LogP contribution < -0.4 is 24.4 Å². The van der Waals surface area contributed by atoms with Crippen LogP contribution in [0.3, 0.4) is 0 Å². The van der Waals surface area contributed by atoms with Gasteiger partial charge >= 0.3 is 5.97 Å². The number of ether oxygens (including phenoxy) is 3. The van der Waals surface area contributed by atoms with E-state index >= 15 is 0 Å². The van der Waals surface area contributed by atoms with Crippen molar-refractivity contribution in [2.75, 3.05) is 13.2 Å². The molecule has 2 heterocycles. The number of carbonyl (C=O) groups is 1. The normalized spacial score (nSPS) is 14.8. The number of hydrogen-bond donors (Lipinski definition) is 0. The first-order chi connectivity index (χ1) is 20.3. The van der Waals surface area contributed by atoms with Crippen LogP contribution in [0.1, 0.15) is 43.5 Å². The minimum absolute atomic E-state index is 0.219. The molecule has 1 aliphatic rings. The van der Waals surface area contributed by atoms with Gasteiger partial charge in [0.15, 0.2) is 16.3 Å². The van der Waals surface area contributed by atoms with Gasteiger partial charge < -0.3 is 14.2 Å². The molecule has 0 saturated heterocycles. The molecule has 1 aliphatic heterocycles. The molecule has 216 valence electrons. The second-order valence-corrected chi connectivity index (χ2v) is 11.7. The summed E-state index contributed by atoms with van der Waals surface area (Å²) in [5, 5.41) is 0.661. The highest BCUT2D eigenvalue weighted by Gasteiger charge is 2.33. The van der Waals surface area contributed by atoms with Crippen molar-refractivity contribution in [1.29, 1.82) is 0 Å². The number of aromatic nitrogens is 1. The van der Waals surface area contributed by atoms with Crippen LogP contribution in [0.2, 0.25) is 5.02 Å². The van der Waals surface area contributed by atoms with Crippen LogP contribution in [0.25, 0.3) is 6.08 Å². The van der Waals surface area contributed by atoms with Crippen LogP contribution in [-0.2, 0) is 16.1 Å². The summed E-state index contributed by atoms with van der Waals surface area (Å²) in [7, 11) is 0. The summed E-state index contributed by atoms with van der Waals surface area (Å²) in [6.07, 6.45) is 1.80. The predicted molar refractivity (Wildman–Crippen MR) is 168 cm³/mol. The van der Waals surface area contributed by atoms with Crippen LogP contribution in [-0.4, -0.2) is 23.8 Å². The van der Waals surface area contributed by atoms with Gasteiger partial charge in [-0.1, -0.05) is 81.3 Å². The van der Waals surface area contributed by atoms with Gasteiger partial charge in [-0.25, -0.2) is 9.79 Å². The molecule has 3 aromatic carbocycles. The summed E-state index contributed by atoms with van der Waals surface area (Å²) >= 11 is 10.9. The molecule has 0 bridgehead atoms. The molecule has 5 rings (SSSR count). The number of rotatable bonds is 9. The van der Waals surface area contributed by atoms with Crippen molar-refractivity contribution in [3.05, 3.63) is 124 Å². The van der Waals surface area contributed by atoms with Gasteiger partial charge in [-0.05, 0) is 67.8 Å². The first-order valence-corrected chi connectivity index (χ1v) is 15.4. The fraction of sp³-hybridized carbons (Fsp3) is 0.219. The third-order valence-electron chi connectivity index (χ3n) is 6.59. The molecular weight excluding hydrogens is 640 g/mol. The van der Waals surface area contributed by atoms with Crippen molar-refractivity contribution in [2.45, 2.75) is 33.4 Å². The van der Waals surface area contributed by atoms with E-state index in [9.17, 15) is 9.59 Å². The SMILES string of the molecule is CCOC(=O)C1=C(C)N=c2s/c(=C\c3cc(OCC)c(OCc4ccc(Cl)cc4)cc3Br)c(=O)n2[C@@H]1c1ccccc1. The van der Waals surface area contributed by atoms with Crippen molar-refractivity contribution in [3.63, 3.8) is 0 Å². The lowest BCUT2D eigenvalue weighted by molar-refractivity contribution is -0.139. The Hall–Kier alpha value is -3.66. The van der Waals surface area contributed by atoms with Crippen LogP contribution in [0, 0.1) is 0 Å². The Labute approximate surface area is 260 Å². The minimum Gasteiger partial charge on any atom is -0.490 e. The van der Waals surface area contributed by atoms with Gasteiger partial charge in [-0.15, -0.1) is 0 Å². The quantitative estimate of drug-likeness (QED) is 0.199. The smallest absolute Gasteiger partial charge is 0.338 e. The predicted octanol–water partition coefficient (Wildman–Crippen LogP) is 6.19. The molecule has 0 N–H and O–H groups in total. The molecule has 42 heavy (non-hydrogen) atoms. The molecule has 0 radical (unpaired) electrons. The summed E-state index contributed by atoms with van der Waals surface area (Å²) in [6.45, 7) is 6.42. The molecule has 0 amide bonds. The van der Waals surface area contributed by atoms with Gasteiger partial charge in [-0.3, -0.25) is 9.36 Å². The number of benzene rings is 3. The maximum atomic E-state index is 13.9. The Balaban J connectivity index is 1.57. The number of esters is 1. The van der Waals surface area contributed by atoms with Gasteiger partial charge in [0.25, 0.3) is 5.56 Å². The van der Waals surface area contributed by atoms with Crippen LogP contribution in [0.15, 0.2) is 92.3 Å². The topological polar surface area (TPSA) is 79.1 Å². The molecule has 0 fully saturated rings. The van der Waals surface area contributed by atoms with Crippen molar-refractivity contribution in [3.8, 4) is 11.5 Å². The maximum absolute atomic E-state index is 13.9. The number of carbonyl (C=O) groups excluding carboxylic acids is 1. The van der Waals surface area contributed by atoms with E-state index in [-0.39, 0.29) is 12.2 Å². The Morgan fingerprint density at radius 2 is 1.76 bits per heavy atom. The number of halogens is 2. The summed E-state index contributed by atoms with van der Waals surface area (Å²) in [4.78, 5) is 32.1. The van der Waals surface area contributed by atoms with E-state index in [1.54, 1.807) is 24.5 Å². The summed E-state index contributed by atoms with van der Waals surface area (Å²) < 4.78 is 20.1. The summed E-state index contributed by atoms with van der Waals surface area (Å²) in [6, 6.07) is 19.9. The Morgan fingerprint density at radius 3 is 2.45 bits per heavy atom. The largest absolute Gasteiger partial charge is 0.490 e. The molecule has 7 nitrogen and oxygen atoms in total. The minimum atomic E-state index is -0.658. The fourth-order valence-corrected chi connectivity index (χ4v) is 6.27. The monoisotopic (exact) mass is 666 g/mol. The Kier molecular flexibility index (Phi) is 9.30. The maximum Gasteiger partial charge on any atom is 0.338 e. The first kappa shape index (κ1) is 29.8. The van der Waals surface area contributed by atoms with Crippen molar-refractivity contribution < 1.29 is 19.0 Å². The molecule has 4 aromatic rings. The summed E-state index contributed by atoms with van der Waals surface area (Å²) in [5.74, 6) is 0.632. The lowest BCUT2D eigenvalue weighted by Gasteiger charge is -2.24. The van der Waals surface area contributed by atoms with E-state index in [4.69, 9.17) is 25.8 Å². The van der Waals surface area contributed by atoms with E-state index < -0.39 is 12.0 Å². The van der Waals surface area contributed by atoms with E-state index in [1.165, 1.54) is 11.3 Å². The van der Waals surface area contributed by atoms with Gasteiger partial charge in [0, 0.05) is 9.50 Å². The molecule has 0 spiro atoms. The molecule has 0 saturated carbocycles. The van der Waals surface area contributed by atoms with Gasteiger partial charge in [0.1, 0.15) is 6.61 Å². The van der Waals surface area contributed by atoms with Crippen LogP contribution in [0.5, 0.6) is 11.5 Å². The molecule has 0 unspecified atom stereocenters. The lowest BCUT2D eigenvalue weighted by atomic mass is 9.96. The van der Waals surface area contributed by atoms with Crippen molar-refractivity contribution >= 4 is 50.9 Å². The highest BCUT2D eigenvalue weighted by molar-refractivity contribution is 9.10. The van der Waals surface area contributed by atoms with Crippen LogP contribution >= 0.6 is 38.9 Å². The molecule has 1 atom stereocenters. The number of hydrogen-bond acceptors (Lipinski definition) is 7. The molecule has 1 aromatic heterocycles. The second-order valence-electron chi connectivity index (χ2n) is 9.38. The third-order valence-corrected chi connectivity index (χ3v) is 8.51. The number of allylic oxidation sites excluding steroid dienone is 1. The average molecular weight is 668 g/mol. The van der Waals surface area contributed by atoms with E-state index in [0.717, 1.165) is 21.2 Å². The van der Waals surface area contributed by atoms with E-state index in [1.807, 2.05) is 73.7 Å². The van der Waals surface area contributed by atoms with E-state index in [2.05, 4.69) is 20.9 Å². The van der Waals surface area contributed by atoms with Crippen molar-refractivity contribution in [2.24, 2.45) is 4.99 Å². The molecule has 10 heteroatoms. The van der Waals surface area contributed by atoms with Gasteiger partial charge in [0.2, 0.25) is 0 Å². The highest BCUT2D eigenvalue weighted by atomic mass is 79.9. The number of fused-ring (bicyclic) bond motifs is 1. The van der Waals surface area contributed by atoms with Gasteiger partial charge in [0.05, 0.1) is 35.1 Å². The second kappa shape index (κ2) is 13.1. The highest BCUT2D eigenvalue weighted by Crippen LogP contribution is 2.35. The lowest BCUT2D eigenvalue weighted by Crippen LogP contribution is -2.39. The van der Waals surface area contributed by atoms with E-state index in [0.29, 0.717) is 50.3 Å². The van der Waals surface area contributed by atoms with Crippen molar-refractivity contribution in [1.82, 2.24) is 4.57 Å². The molecular formula is C32H28BrClN2O5S. The fourth-order valence-electron chi connectivity index (χ4n) is 4.67. The Bertz CT molecular complexity index is 1830. The standard InChI is InChI=1S/C32H28BrClN2O5S/c1-4-39-25-15-22(24(33)17-26(25)41-18-20-11-13-23(34)14-12-20)16-27-30(37)36-29(21-9-7-6-8-10-21)28(31(38)40-5-2)19(3)35-32(36)42-27/h6-17,29H,4-5,18H2,1-3H3/b27-16-/t29-/m1/s1. The van der Waals surface area contributed by atoms with Gasteiger partial charge in [-0.2, -0.15) is 0 Å². The number of thiazole rings is 1. The summed E-state index contributed by atoms with van der Waals surface area (Å²) in [5.41, 5.74) is 3.12. The molecule has 0 aliphatic carbocycles. The van der Waals surface area contributed by atoms with Crippen LogP contribution in [0.4, 0.5) is 0 Å². The Morgan fingerprint density at radius 1 is 1.05 bits per heavy atom. The zero-order valence-corrected chi connectivity index (χ0v) is 26.4. The number of nitrogens with zero attached hydrogens (tertiary/aromatic N) is 2. The first-order valence-electron chi connectivity index (χ1n) is 13.4. The zero-order chi connectivity index (χ0) is 29.8. The third kappa shape index (κ3) is 6.23.